The van der Waals surface area contributed by atoms with Gasteiger partial charge in [0.2, 0.25) is 0 Å². The van der Waals surface area contributed by atoms with E-state index in [-0.39, 0.29) is 11.5 Å². The lowest BCUT2D eigenvalue weighted by Crippen LogP contribution is -2.66. The maximum absolute atomic E-state index is 12.4. The molecule has 4 rings (SSSR count). The molecular weight excluding hydrogens is 282 g/mol. The van der Waals surface area contributed by atoms with Crippen LogP contribution in [0.4, 0.5) is 0 Å². The second kappa shape index (κ2) is 5.39. The van der Waals surface area contributed by atoms with E-state index in [9.17, 15) is 4.79 Å². The van der Waals surface area contributed by atoms with Crippen molar-refractivity contribution in [1.29, 1.82) is 0 Å². The van der Waals surface area contributed by atoms with E-state index in [1.807, 2.05) is 11.8 Å². The maximum atomic E-state index is 12.4. The number of furan rings is 1. The van der Waals surface area contributed by atoms with Crippen LogP contribution in [-0.2, 0) is 9.47 Å². The van der Waals surface area contributed by atoms with Gasteiger partial charge in [0.05, 0.1) is 31.5 Å². The maximum Gasteiger partial charge on any atom is 0.257 e. The molecule has 3 aliphatic rings. The van der Waals surface area contributed by atoms with E-state index in [4.69, 9.17) is 13.9 Å². The highest BCUT2D eigenvalue weighted by Crippen LogP contribution is 2.41. The zero-order valence-electron chi connectivity index (χ0n) is 13.0. The molecule has 2 aliphatic heterocycles. The molecule has 0 N–H and O–H groups in total. The van der Waals surface area contributed by atoms with E-state index < -0.39 is 0 Å². The number of rotatable bonds is 5. The van der Waals surface area contributed by atoms with Crippen molar-refractivity contribution in [2.24, 2.45) is 11.8 Å². The third-order valence-electron chi connectivity index (χ3n) is 5.26. The molecule has 3 heterocycles. The van der Waals surface area contributed by atoms with Gasteiger partial charge in [0, 0.05) is 19.1 Å². The second-order valence-corrected chi connectivity index (χ2v) is 6.93. The molecule has 1 amide bonds. The zero-order valence-corrected chi connectivity index (χ0v) is 13.0. The second-order valence-electron chi connectivity index (χ2n) is 6.93. The molecule has 1 aromatic rings. The Morgan fingerprint density at radius 2 is 2.18 bits per heavy atom. The third kappa shape index (κ3) is 2.46. The molecule has 120 valence electrons. The van der Waals surface area contributed by atoms with Gasteiger partial charge in [-0.15, -0.1) is 0 Å². The molecule has 2 saturated heterocycles. The fraction of sp³-hybridized carbons (Fsp3) is 0.706. The van der Waals surface area contributed by atoms with Crippen molar-refractivity contribution in [2.75, 3.05) is 32.9 Å². The van der Waals surface area contributed by atoms with Gasteiger partial charge in [-0.3, -0.25) is 4.79 Å². The van der Waals surface area contributed by atoms with Gasteiger partial charge in [-0.25, -0.2) is 0 Å². The number of hydrogen-bond donors (Lipinski definition) is 0. The lowest BCUT2D eigenvalue weighted by atomic mass is 9.81. The van der Waals surface area contributed by atoms with Crippen molar-refractivity contribution in [3.8, 4) is 0 Å². The molecule has 22 heavy (non-hydrogen) atoms. The van der Waals surface area contributed by atoms with Gasteiger partial charge in [0.25, 0.3) is 5.91 Å². The van der Waals surface area contributed by atoms with Crippen LogP contribution in [0.25, 0.3) is 0 Å². The van der Waals surface area contributed by atoms with Gasteiger partial charge in [-0.2, -0.15) is 0 Å². The van der Waals surface area contributed by atoms with Crippen LogP contribution in [0.5, 0.6) is 0 Å². The van der Waals surface area contributed by atoms with Crippen LogP contribution < -0.4 is 0 Å². The van der Waals surface area contributed by atoms with Crippen LogP contribution >= 0.6 is 0 Å². The molecular formula is C17H23NO4. The number of carbonyl (C=O) groups is 1. The Bertz CT molecular complexity index is 557. The summed E-state index contributed by atoms with van der Waals surface area (Å²) in [5.74, 6) is 1.94. The van der Waals surface area contributed by atoms with E-state index in [1.54, 1.807) is 12.3 Å². The fourth-order valence-electron chi connectivity index (χ4n) is 3.55. The lowest BCUT2D eigenvalue weighted by molar-refractivity contribution is -0.128. The van der Waals surface area contributed by atoms with Crippen molar-refractivity contribution in [3.05, 3.63) is 23.7 Å². The average molecular weight is 305 g/mol. The Labute approximate surface area is 130 Å². The highest BCUT2D eigenvalue weighted by Gasteiger charge is 2.54. The first-order valence-corrected chi connectivity index (χ1v) is 8.23. The Kier molecular flexibility index (Phi) is 3.50. The molecule has 1 spiro atoms. The molecule has 0 bridgehead atoms. The highest BCUT2D eigenvalue weighted by atomic mass is 16.5. The summed E-state index contributed by atoms with van der Waals surface area (Å²) in [6, 6.07) is 1.74. The number of amides is 1. The summed E-state index contributed by atoms with van der Waals surface area (Å²) in [7, 11) is 0. The number of aryl methyl sites for hydroxylation is 1. The van der Waals surface area contributed by atoms with E-state index >= 15 is 0 Å². The minimum atomic E-state index is -0.170. The van der Waals surface area contributed by atoms with Crippen LogP contribution in [0, 0.1) is 18.8 Å². The minimum absolute atomic E-state index is 0.0463. The van der Waals surface area contributed by atoms with Gasteiger partial charge in [-0.05, 0) is 38.2 Å². The van der Waals surface area contributed by atoms with E-state index in [0.717, 1.165) is 32.2 Å². The monoisotopic (exact) mass is 305 g/mol. The SMILES string of the molecule is Cc1occc1C(=O)N1CC2(C1)OCC[C@H]2COCC1CC1. The Balaban J connectivity index is 1.33. The van der Waals surface area contributed by atoms with Gasteiger partial charge in [0.15, 0.2) is 0 Å². The van der Waals surface area contributed by atoms with Crippen molar-refractivity contribution in [3.63, 3.8) is 0 Å². The number of carbonyl (C=O) groups excluding carboxylic acids is 1. The standard InChI is InChI=1S/C17H23NO4/c1-12-15(5-6-21-12)16(19)18-10-17(11-18)14(4-7-22-17)9-20-8-13-2-3-13/h5-6,13-14H,2-4,7-11H2,1H3/t14-/m0/s1. The van der Waals surface area contributed by atoms with E-state index in [1.165, 1.54) is 12.8 Å². The summed E-state index contributed by atoms with van der Waals surface area (Å²) >= 11 is 0. The Hall–Kier alpha value is -1.33. The van der Waals surface area contributed by atoms with Gasteiger partial charge < -0.3 is 18.8 Å². The third-order valence-corrected chi connectivity index (χ3v) is 5.26. The molecule has 3 fully saturated rings. The van der Waals surface area contributed by atoms with Crippen LogP contribution in [0.2, 0.25) is 0 Å². The summed E-state index contributed by atoms with van der Waals surface area (Å²) < 4.78 is 17.1. The van der Waals surface area contributed by atoms with Crippen molar-refractivity contribution >= 4 is 5.91 Å². The average Bonchev–Trinajstić information content (AvgIpc) is 3.03. The number of likely N-dealkylation sites (tertiary alicyclic amines) is 1. The minimum Gasteiger partial charge on any atom is -0.469 e. The molecule has 1 aliphatic carbocycles. The van der Waals surface area contributed by atoms with Gasteiger partial charge >= 0.3 is 0 Å². The zero-order chi connectivity index (χ0) is 15.2. The molecule has 1 atom stereocenters. The molecule has 1 saturated carbocycles. The summed E-state index contributed by atoms with van der Waals surface area (Å²) in [6.45, 7) is 5.61. The topological polar surface area (TPSA) is 51.9 Å². The highest BCUT2D eigenvalue weighted by molar-refractivity contribution is 5.95. The normalized spacial score (nSPS) is 26.4. The first kappa shape index (κ1) is 14.3. The molecule has 0 radical (unpaired) electrons. The molecule has 5 nitrogen and oxygen atoms in total. The van der Waals surface area contributed by atoms with E-state index in [2.05, 4.69) is 0 Å². The van der Waals surface area contributed by atoms with Gasteiger partial charge in [-0.1, -0.05) is 0 Å². The summed E-state index contributed by atoms with van der Waals surface area (Å²) in [5.41, 5.74) is 0.492. The lowest BCUT2D eigenvalue weighted by Gasteiger charge is -2.50. The van der Waals surface area contributed by atoms with Crippen LogP contribution in [0.1, 0.15) is 35.4 Å². The summed E-state index contributed by atoms with van der Waals surface area (Å²) in [6.07, 6.45) is 5.24. The largest absolute Gasteiger partial charge is 0.469 e. The number of nitrogens with zero attached hydrogens (tertiary/aromatic N) is 1. The van der Waals surface area contributed by atoms with Crippen molar-refractivity contribution < 1.29 is 18.7 Å². The Morgan fingerprint density at radius 3 is 2.86 bits per heavy atom. The van der Waals surface area contributed by atoms with Crippen LogP contribution in [0.15, 0.2) is 16.7 Å². The quantitative estimate of drug-likeness (QED) is 0.837. The van der Waals surface area contributed by atoms with E-state index in [0.29, 0.717) is 30.3 Å². The summed E-state index contributed by atoms with van der Waals surface area (Å²) in [4.78, 5) is 14.3. The summed E-state index contributed by atoms with van der Waals surface area (Å²) in [5, 5.41) is 0. The fourth-order valence-corrected chi connectivity index (χ4v) is 3.55. The predicted molar refractivity (Wildman–Crippen MR) is 79.7 cm³/mol. The molecule has 5 heteroatoms. The van der Waals surface area contributed by atoms with Crippen molar-refractivity contribution in [2.45, 2.75) is 31.8 Å². The number of hydrogen-bond acceptors (Lipinski definition) is 4. The van der Waals surface area contributed by atoms with Crippen LogP contribution in [-0.4, -0.2) is 49.3 Å². The van der Waals surface area contributed by atoms with Crippen molar-refractivity contribution in [1.82, 2.24) is 4.90 Å². The first-order chi connectivity index (χ1) is 10.7. The predicted octanol–water partition coefficient (Wildman–Crippen LogP) is 2.25. The van der Waals surface area contributed by atoms with Gasteiger partial charge in [0.1, 0.15) is 11.4 Å². The van der Waals surface area contributed by atoms with Crippen LogP contribution in [0.3, 0.4) is 0 Å². The number of ether oxygens (including phenoxy) is 2. The Morgan fingerprint density at radius 1 is 1.36 bits per heavy atom. The first-order valence-electron chi connectivity index (χ1n) is 8.23. The molecule has 0 aromatic carbocycles. The molecule has 0 unspecified atom stereocenters. The smallest absolute Gasteiger partial charge is 0.257 e. The molecule has 1 aromatic heterocycles.